The van der Waals surface area contributed by atoms with Gasteiger partial charge < -0.3 is 33.0 Å². The van der Waals surface area contributed by atoms with Gasteiger partial charge in [-0.15, -0.1) is 0 Å². The topological polar surface area (TPSA) is 185 Å². The molecule has 1 saturated heterocycles. The molecular formula is C35H28N2O13. The zero-order chi connectivity index (χ0) is 35.6. The molecule has 0 radical (unpaired) electrons. The normalized spacial score (nSPS) is 21.6. The van der Waals surface area contributed by atoms with Crippen molar-refractivity contribution < 1.29 is 62.0 Å². The number of esters is 6. The average Bonchev–Trinajstić information content (AvgIpc) is 3.67. The van der Waals surface area contributed by atoms with E-state index in [0.717, 1.165) is 27.7 Å². The molecule has 3 aromatic carbocycles. The highest BCUT2D eigenvalue weighted by molar-refractivity contribution is 6.37. The fraction of sp³-hybridized carbons (Fsp3) is 0.286. The number of ether oxygens (including phenoxy) is 6. The van der Waals surface area contributed by atoms with Gasteiger partial charge in [0, 0.05) is 49.2 Å². The molecule has 0 unspecified atom stereocenters. The molecule has 7 rings (SSSR count). The van der Waals surface area contributed by atoms with Crippen molar-refractivity contribution in [3.05, 3.63) is 59.7 Å². The number of rotatable bonds is 7. The molecule has 50 heavy (non-hydrogen) atoms. The van der Waals surface area contributed by atoms with Crippen molar-refractivity contribution in [1.82, 2.24) is 9.13 Å². The molecule has 2 aliphatic heterocycles. The minimum atomic E-state index is -1.53. The second-order valence-corrected chi connectivity index (χ2v) is 11.8. The third kappa shape index (κ3) is 4.96. The number of para-hydroxylation sites is 2. The molecule has 0 aliphatic carbocycles. The summed E-state index contributed by atoms with van der Waals surface area (Å²) < 4.78 is 36.9. The summed E-state index contributed by atoms with van der Waals surface area (Å²) in [6, 6.07) is 13.5. The number of hydrogen-bond donors (Lipinski definition) is 0. The monoisotopic (exact) mass is 684 g/mol. The molecule has 256 valence electrons. The molecule has 1 fully saturated rings. The molecule has 0 N–H and O–H groups in total. The van der Waals surface area contributed by atoms with E-state index in [4.69, 9.17) is 28.4 Å². The molecule has 4 heterocycles. The first-order valence-electron chi connectivity index (χ1n) is 15.5. The van der Waals surface area contributed by atoms with Crippen LogP contribution in [0.5, 0.6) is 0 Å². The maximum atomic E-state index is 13.5. The van der Waals surface area contributed by atoms with E-state index in [1.165, 1.54) is 4.57 Å². The fourth-order valence-electron chi connectivity index (χ4n) is 7.13. The summed E-state index contributed by atoms with van der Waals surface area (Å²) in [4.78, 5) is 89.4. The molecule has 5 aromatic rings. The molecule has 0 amide bonds. The Balaban J connectivity index is 1.64. The summed E-state index contributed by atoms with van der Waals surface area (Å²) in [5, 5.41) is 1.39. The highest BCUT2D eigenvalue weighted by Crippen LogP contribution is 2.48. The summed E-state index contributed by atoms with van der Waals surface area (Å²) >= 11 is 0. The summed E-state index contributed by atoms with van der Waals surface area (Å²) in [7, 11) is 0. The molecule has 0 spiro atoms. The lowest BCUT2D eigenvalue weighted by Gasteiger charge is -2.45. The van der Waals surface area contributed by atoms with Crippen molar-refractivity contribution in [3.8, 4) is 0 Å². The van der Waals surface area contributed by atoms with Gasteiger partial charge in [-0.1, -0.05) is 36.4 Å². The summed E-state index contributed by atoms with van der Waals surface area (Å²) in [6.45, 7) is 4.03. The smallest absolute Gasteiger partial charge is 0.347 e. The van der Waals surface area contributed by atoms with Crippen molar-refractivity contribution in [2.24, 2.45) is 0 Å². The highest BCUT2D eigenvalue weighted by Gasteiger charge is 2.54. The van der Waals surface area contributed by atoms with E-state index < -0.39 is 73.1 Å². The van der Waals surface area contributed by atoms with Gasteiger partial charge in [0.2, 0.25) is 6.41 Å². The van der Waals surface area contributed by atoms with Crippen LogP contribution in [0.2, 0.25) is 0 Å². The zero-order valence-electron chi connectivity index (χ0n) is 27.0. The lowest BCUT2D eigenvalue weighted by atomic mass is 9.96. The number of cyclic esters (lactones) is 2. The van der Waals surface area contributed by atoms with E-state index in [0.29, 0.717) is 28.2 Å². The van der Waals surface area contributed by atoms with Crippen LogP contribution in [0.4, 0.5) is 0 Å². The van der Waals surface area contributed by atoms with Gasteiger partial charge in [0.1, 0.15) is 12.7 Å². The molecule has 0 saturated carbocycles. The van der Waals surface area contributed by atoms with E-state index in [2.05, 4.69) is 0 Å². The number of nitrogens with zero attached hydrogens (tertiary/aromatic N) is 2. The first-order valence-corrected chi connectivity index (χ1v) is 15.5. The van der Waals surface area contributed by atoms with Gasteiger partial charge in [-0.3, -0.25) is 28.5 Å². The number of carbonyl (C=O) groups is 7. The first kappa shape index (κ1) is 32.5. The van der Waals surface area contributed by atoms with Crippen LogP contribution in [-0.4, -0.2) is 82.4 Å². The van der Waals surface area contributed by atoms with Gasteiger partial charge >= 0.3 is 35.8 Å². The number of benzene rings is 3. The van der Waals surface area contributed by atoms with E-state index in [1.807, 2.05) is 0 Å². The first-order chi connectivity index (χ1) is 23.9. The van der Waals surface area contributed by atoms with Gasteiger partial charge in [0.25, 0.3) is 0 Å². The van der Waals surface area contributed by atoms with Crippen LogP contribution < -0.4 is 0 Å². The molecule has 2 aliphatic rings. The van der Waals surface area contributed by atoms with Crippen molar-refractivity contribution in [2.45, 2.75) is 58.3 Å². The number of aromatic nitrogens is 2. The Morgan fingerprint density at radius 2 is 1.22 bits per heavy atom. The Morgan fingerprint density at radius 3 is 1.80 bits per heavy atom. The van der Waals surface area contributed by atoms with Crippen LogP contribution in [0, 0.1) is 0 Å². The largest absolute Gasteiger partial charge is 0.463 e. The predicted molar refractivity (Wildman–Crippen MR) is 172 cm³/mol. The Hall–Kier alpha value is -6.09. The van der Waals surface area contributed by atoms with Crippen LogP contribution in [0.25, 0.3) is 43.6 Å². The molecule has 0 bridgehead atoms. The summed E-state index contributed by atoms with van der Waals surface area (Å²) in [5.74, 6) is -4.93. The Bertz CT molecular complexity index is 2330. The standard InChI is InChI=1S/C35H28N2O13/c1-15(39)45-13-23-30(46-16(2)40)31(47-17(3)41)32(48-18(4)42)33(49-23)37-22-12-8-6-10-20(22)25-27-26(34(43)50-35(27)44)24-19-9-5-7-11-21(19)36(14-38)28(24)29(25)37/h5-12,14,23,30-33H,13H2,1-4H3/t23-,30+,31+,32-,33-/m1/s1. The average molecular weight is 685 g/mol. The molecular weight excluding hydrogens is 656 g/mol. The second-order valence-electron chi connectivity index (χ2n) is 11.8. The summed E-state index contributed by atoms with van der Waals surface area (Å²) in [5.41, 5.74) is 1.12. The molecule has 5 atom stereocenters. The van der Waals surface area contributed by atoms with E-state index in [-0.39, 0.29) is 32.9 Å². The number of fused-ring (bicyclic) bond motifs is 10. The van der Waals surface area contributed by atoms with Crippen molar-refractivity contribution in [3.63, 3.8) is 0 Å². The highest BCUT2D eigenvalue weighted by atomic mass is 16.7. The van der Waals surface area contributed by atoms with Crippen molar-refractivity contribution >= 4 is 85.8 Å². The second kappa shape index (κ2) is 12.1. The maximum Gasteiger partial charge on any atom is 0.347 e. The van der Waals surface area contributed by atoms with Gasteiger partial charge in [0.05, 0.1) is 33.2 Å². The summed E-state index contributed by atoms with van der Waals surface area (Å²) in [6.07, 6.45) is -6.65. The number of hydrogen-bond acceptors (Lipinski definition) is 13. The van der Waals surface area contributed by atoms with Gasteiger partial charge in [0.15, 0.2) is 24.5 Å². The zero-order valence-corrected chi connectivity index (χ0v) is 27.0. The Morgan fingerprint density at radius 1 is 0.700 bits per heavy atom. The molecule has 15 heteroatoms. The van der Waals surface area contributed by atoms with Gasteiger partial charge in [-0.05, 0) is 12.1 Å². The molecule has 15 nitrogen and oxygen atoms in total. The Labute approximate surface area is 281 Å². The molecule has 2 aromatic heterocycles. The third-order valence-corrected chi connectivity index (χ3v) is 8.72. The van der Waals surface area contributed by atoms with Crippen LogP contribution in [0.15, 0.2) is 48.5 Å². The number of carbonyl (C=O) groups excluding carboxylic acids is 7. The van der Waals surface area contributed by atoms with E-state index in [9.17, 15) is 33.6 Å². The van der Waals surface area contributed by atoms with E-state index >= 15 is 0 Å². The lowest BCUT2D eigenvalue weighted by molar-refractivity contribution is -0.267. The minimum absolute atomic E-state index is 0.0289. The predicted octanol–water partition coefficient (Wildman–Crippen LogP) is 3.51. The van der Waals surface area contributed by atoms with Crippen LogP contribution in [-0.2, 0) is 52.4 Å². The minimum Gasteiger partial charge on any atom is -0.463 e. The van der Waals surface area contributed by atoms with Crippen molar-refractivity contribution in [2.75, 3.05) is 6.61 Å². The lowest BCUT2D eigenvalue weighted by Crippen LogP contribution is -2.60. The van der Waals surface area contributed by atoms with Crippen molar-refractivity contribution in [1.29, 1.82) is 0 Å². The van der Waals surface area contributed by atoms with E-state index in [1.54, 1.807) is 53.1 Å². The maximum absolute atomic E-state index is 13.5. The van der Waals surface area contributed by atoms with Gasteiger partial charge in [-0.2, -0.15) is 0 Å². The SMILES string of the molecule is CC(=O)OC[C@H]1O[C@@H](n2c3ccccc3c3c4c(c5c6ccccc6n(C=O)c5c32)C(=O)OC4=O)[C@H](OC(C)=O)[C@@H](OC(C)=O)[C@H]1OC(C)=O. The third-order valence-electron chi connectivity index (χ3n) is 8.72. The quantitative estimate of drug-likeness (QED) is 0.105. The van der Waals surface area contributed by atoms with Gasteiger partial charge in [-0.25, -0.2) is 9.59 Å². The van der Waals surface area contributed by atoms with Crippen LogP contribution >= 0.6 is 0 Å². The van der Waals surface area contributed by atoms with Crippen LogP contribution in [0.3, 0.4) is 0 Å². The van der Waals surface area contributed by atoms with Crippen LogP contribution in [0.1, 0.15) is 54.6 Å². The fourth-order valence-corrected chi connectivity index (χ4v) is 7.13. The Kier molecular flexibility index (Phi) is 7.86.